The first kappa shape index (κ1) is 9.11. The van der Waals surface area contributed by atoms with Crippen LogP contribution in [0.2, 0.25) is 0 Å². The molecular formula is C8H12O2. The summed E-state index contributed by atoms with van der Waals surface area (Å²) in [5.41, 5.74) is -1.01. The molecule has 0 rings (SSSR count). The second-order valence-corrected chi connectivity index (χ2v) is 2.42. The number of aliphatic hydroxyl groups is 1. The highest BCUT2D eigenvalue weighted by atomic mass is 16.3. The van der Waals surface area contributed by atoms with Gasteiger partial charge in [-0.05, 0) is 25.5 Å². The zero-order chi connectivity index (χ0) is 8.36. The third-order valence-electron chi connectivity index (χ3n) is 1.50. The molecule has 0 fully saturated rings. The largest absolute Gasteiger partial charge is 0.378 e. The Balaban J connectivity index is 4.55. The van der Waals surface area contributed by atoms with Crippen molar-refractivity contribution in [3.63, 3.8) is 0 Å². The number of hydrogen-bond acceptors (Lipinski definition) is 2. The van der Waals surface area contributed by atoms with E-state index in [1.54, 1.807) is 6.92 Å². The molecule has 1 unspecified atom stereocenters. The monoisotopic (exact) mass is 140 g/mol. The average Bonchev–Trinajstić information content (AvgIpc) is 1.86. The van der Waals surface area contributed by atoms with Crippen LogP contribution in [0.1, 0.15) is 13.8 Å². The van der Waals surface area contributed by atoms with E-state index in [4.69, 9.17) is 0 Å². The molecule has 1 N–H and O–H groups in total. The lowest BCUT2D eigenvalue weighted by atomic mass is 9.94. The zero-order valence-electron chi connectivity index (χ0n) is 6.35. The van der Waals surface area contributed by atoms with Gasteiger partial charge in [-0.15, -0.1) is 0 Å². The van der Waals surface area contributed by atoms with E-state index in [2.05, 4.69) is 13.2 Å². The van der Waals surface area contributed by atoms with Crippen molar-refractivity contribution in [1.29, 1.82) is 0 Å². The van der Waals surface area contributed by atoms with E-state index in [0.717, 1.165) is 6.08 Å². The molecule has 0 aromatic carbocycles. The van der Waals surface area contributed by atoms with Gasteiger partial charge in [0.15, 0.2) is 5.78 Å². The SMILES string of the molecule is C=CC(=O)C(C)(O)C(=C)C. The Labute approximate surface area is 60.9 Å². The minimum Gasteiger partial charge on any atom is -0.378 e. The van der Waals surface area contributed by atoms with Gasteiger partial charge in [-0.3, -0.25) is 4.79 Å². The lowest BCUT2D eigenvalue weighted by molar-refractivity contribution is -0.127. The van der Waals surface area contributed by atoms with Gasteiger partial charge in [-0.2, -0.15) is 0 Å². The van der Waals surface area contributed by atoms with Gasteiger partial charge in [0, 0.05) is 0 Å². The molecule has 0 heterocycles. The predicted octanol–water partition coefficient (Wildman–Crippen LogP) is 1.07. The fraction of sp³-hybridized carbons (Fsp3) is 0.375. The first-order chi connectivity index (χ1) is 4.42. The molecule has 0 spiro atoms. The van der Waals surface area contributed by atoms with Crippen molar-refractivity contribution >= 4 is 5.78 Å². The Morgan fingerprint density at radius 2 is 2.10 bits per heavy atom. The van der Waals surface area contributed by atoms with Gasteiger partial charge in [0.25, 0.3) is 0 Å². The van der Waals surface area contributed by atoms with Crippen molar-refractivity contribution in [3.8, 4) is 0 Å². The Kier molecular flexibility index (Phi) is 2.55. The first-order valence-electron chi connectivity index (χ1n) is 2.98. The van der Waals surface area contributed by atoms with Gasteiger partial charge in [0.2, 0.25) is 0 Å². The van der Waals surface area contributed by atoms with Crippen molar-refractivity contribution in [2.24, 2.45) is 0 Å². The van der Waals surface area contributed by atoms with E-state index in [0.29, 0.717) is 5.57 Å². The molecule has 0 saturated carbocycles. The van der Waals surface area contributed by atoms with Crippen LogP contribution in [0.4, 0.5) is 0 Å². The molecule has 2 heteroatoms. The Hall–Kier alpha value is -0.890. The van der Waals surface area contributed by atoms with E-state index >= 15 is 0 Å². The molecule has 0 aromatic rings. The molecule has 56 valence electrons. The van der Waals surface area contributed by atoms with Crippen LogP contribution in [0.25, 0.3) is 0 Å². The molecule has 0 bridgehead atoms. The van der Waals surface area contributed by atoms with Crippen molar-refractivity contribution in [2.45, 2.75) is 19.4 Å². The molecule has 0 radical (unpaired) electrons. The van der Waals surface area contributed by atoms with Crippen molar-refractivity contribution in [3.05, 3.63) is 24.8 Å². The number of hydrogen-bond donors (Lipinski definition) is 1. The van der Waals surface area contributed by atoms with Crippen molar-refractivity contribution in [2.75, 3.05) is 0 Å². The topological polar surface area (TPSA) is 37.3 Å². The molecule has 2 nitrogen and oxygen atoms in total. The standard InChI is InChI=1S/C8H12O2/c1-5-7(9)8(4,10)6(2)3/h5,10H,1-2H2,3-4H3. The Morgan fingerprint density at radius 3 is 2.20 bits per heavy atom. The molecule has 0 aliphatic carbocycles. The number of carbonyl (C=O) groups excluding carboxylic acids is 1. The van der Waals surface area contributed by atoms with E-state index in [9.17, 15) is 9.90 Å². The normalized spacial score (nSPS) is 15.5. The predicted molar refractivity (Wildman–Crippen MR) is 40.6 cm³/mol. The smallest absolute Gasteiger partial charge is 0.190 e. The number of rotatable bonds is 3. The highest BCUT2D eigenvalue weighted by Crippen LogP contribution is 2.14. The van der Waals surface area contributed by atoms with Crippen molar-refractivity contribution in [1.82, 2.24) is 0 Å². The summed E-state index contributed by atoms with van der Waals surface area (Å²) in [6.07, 6.45) is 1.09. The van der Waals surface area contributed by atoms with E-state index in [1.165, 1.54) is 6.92 Å². The van der Waals surface area contributed by atoms with Gasteiger partial charge in [0.1, 0.15) is 5.60 Å². The molecule has 0 aliphatic rings. The molecule has 0 saturated heterocycles. The molecular weight excluding hydrogens is 128 g/mol. The summed E-state index contributed by atoms with van der Waals surface area (Å²) in [6, 6.07) is 0. The summed E-state index contributed by atoms with van der Waals surface area (Å²) < 4.78 is 0. The summed E-state index contributed by atoms with van der Waals surface area (Å²) in [7, 11) is 0. The molecule has 0 aliphatic heterocycles. The summed E-state index contributed by atoms with van der Waals surface area (Å²) >= 11 is 0. The van der Waals surface area contributed by atoms with Gasteiger partial charge in [0.05, 0.1) is 0 Å². The summed E-state index contributed by atoms with van der Waals surface area (Å²) in [5, 5.41) is 9.34. The lowest BCUT2D eigenvalue weighted by Crippen LogP contribution is -2.34. The van der Waals surface area contributed by atoms with Crippen LogP contribution in [0.3, 0.4) is 0 Å². The Morgan fingerprint density at radius 1 is 1.70 bits per heavy atom. The third kappa shape index (κ3) is 1.54. The fourth-order valence-electron chi connectivity index (χ4n) is 0.409. The van der Waals surface area contributed by atoms with E-state index < -0.39 is 11.4 Å². The van der Waals surface area contributed by atoms with Crippen molar-refractivity contribution < 1.29 is 9.90 Å². The first-order valence-corrected chi connectivity index (χ1v) is 2.98. The minimum atomic E-state index is -1.44. The quantitative estimate of drug-likeness (QED) is 0.470. The van der Waals surface area contributed by atoms with Gasteiger partial charge >= 0.3 is 0 Å². The second kappa shape index (κ2) is 2.80. The van der Waals surface area contributed by atoms with Crippen LogP contribution in [0.5, 0.6) is 0 Å². The molecule has 1 atom stereocenters. The van der Waals surface area contributed by atoms with Crippen LogP contribution >= 0.6 is 0 Å². The van der Waals surface area contributed by atoms with Crippen LogP contribution < -0.4 is 0 Å². The number of carbonyl (C=O) groups is 1. The van der Waals surface area contributed by atoms with Crippen LogP contribution in [0.15, 0.2) is 24.8 Å². The summed E-state index contributed by atoms with van der Waals surface area (Å²) in [5.74, 6) is -0.417. The maximum atomic E-state index is 10.8. The average molecular weight is 140 g/mol. The van der Waals surface area contributed by atoms with Gasteiger partial charge in [-0.1, -0.05) is 13.2 Å². The summed E-state index contributed by atoms with van der Waals surface area (Å²) in [6.45, 7) is 9.74. The minimum absolute atomic E-state index is 0.417. The fourth-order valence-corrected chi connectivity index (χ4v) is 0.409. The molecule has 0 aromatic heterocycles. The second-order valence-electron chi connectivity index (χ2n) is 2.42. The molecule has 0 amide bonds. The summed E-state index contributed by atoms with van der Waals surface area (Å²) in [4.78, 5) is 10.8. The Bertz CT molecular complexity index is 178. The van der Waals surface area contributed by atoms with E-state index in [-0.39, 0.29) is 0 Å². The highest BCUT2D eigenvalue weighted by molar-refractivity contribution is 5.98. The zero-order valence-corrected chi connectivity index (χ0v) is 6.35. The van der Waals surface area contributed by atoms with Crippen LogP contribution in [0, 0.1) is 0 Å². The van der Waals surface area contributed by atoms with E-state index in [1.807, 2.05) is 0 Å². The maximum Gasteiger partial charge on any atom is 0.190 e. The highest BCUT2D eigenvalue weighted by Gasteiger charge is 2.27. The van der Waals surface area contributed by atoms with Crippen LogP contribution in [-0.4, -0.2) is 16.5 Å². The van der Waals surface area contributed by atoms with Gasteiger partial charge in [-0.25, -0.2) is 0 Å². The number of ketones is 1. The van der Waals surface area contributed by atoms with Gasteiger partial charge < -0.3 is 5.11 Å². The maximum absolute atomic E-state index is 10.8. The third-order valence-corrected chi connectivity index (χ3v) is 1.50. The molecule has 10 heavy (non-hydrogen) atoms. The lowest BCUT2D eigenvalue weighted by Gasteiger charge is -2.19. The van der Waals surface area contributed by atoms with Crippen LogP contribution in [-0.2, 0) is 4.79 Å².